The largest absolute Gasteiger partial charge is 0.310 e. The van der Waals surface area contributed by atoms with Crippen LogP contribution in [0.4, 0.5) is 17.1 Å². The van der Waals surface area contributed by atoms with Crippen LogP contribution in [0.1, 0.15) is 0 Å². The van der Waals surface area contributed by atoms with Crippen LogP contribution in [0.25, 0.3) is 66.4 Å². The summed E-state index contributed by atoms with van der Waals surface area (Å²) in [4.78, 5) is 2.40. The predicted octanol–water partition coefficient (Wildman–Crippen LogP) is 14.6. The van der Waals surface area contributed by atoms with Gasteiger partial charge in [0.1, 0.15) is 0 Å². The summed E-state index contributed by atoms with van der Waals surface area (Å²) in [7, 11) is 0. The van der Waals surface area contributed by atoms with Crippen LogP contribution >= 0.6 is 0 Å². The number of para-hydroxylation sites is 1. The van der Waals surface area contributed by atoms with Crippen LogP contribution in [0.5, 0.6) is 0 Å². The summed E-state index contributed by atoms with van der Waals surface area (Å²) in [5, 5.41) is 2.50. The Bertz CT molecular complexity index is 2650. The molecule has 9 rings (SSSR count). The average Bonchev–Trinajstić information content (AvgIpc) is 3.25. The number of nitrogens with zero attached hydrogens (tertiary/aromatic N) is 1. The molecule has 0 aliphatic heterocycles. The molecule has 0 heterocycles. The van der Waals surface area contributed by atoms with E-state index in [9.17, 15) is 0 Å². The molecule has 9 aromatic carbocycles. The van der Waals surface area contributed by atoms with Crippen molar-refractivity contribution < 1.29 is 0 Å². The van der Waals surface area contributed by atoms with Crippen LogP contribution in [-0.2, 0) is 0 Å². The van der Waals surface area contributed by atoms with Gasteiger partial charge in [0.2, 0.25) is 0 Å². The Morgan fingerprint density at radius 3 is 1.42 bits per heavy atom. The van der Waals surface area contributed by atoms with Crippen LogP contribution < -0.4 is 4.90 Å². The molecule has 0 saturated heterocycles. The standard InChI is InChI=1S/C52H37N/c1-3-15-38(16-4-1)42-21-11-22-43(35-42)40-31-33-47(34-32-40)53(48-26-13-23-44(37-48)39-17-5-2-6-18-39)52-30-10-9-28-51(52)46-25-12-24-45(36-46)50-29-14-20-41-19-7-8-27-49(41)50/h1-37H. The zero-order valence-electron chi connectivity index (χ0n) is 29.3. The van der Waals surface area contributed by atoms with Gasteiger partial charge in [0, 0.05) is 16.9 Å². The predicted molar refractivity (Wildman–Crippen MR) is 226 cm³/mol. The van der Waals surface area contributed by atoms with E-state index in [4.69, 9.17) is 0 Å². The van der Waals surface area contributed by atoms with Gasteiger partial charge in [-0.1, -0.05) is 182 Å². The lowest BCUT2D eigenvalue weighted by Gasteiger charge is -2.28. The summed E-state index contributed by atoms with van der Waals surface area (Å²) in [5.41, 5.74) is 15.3. The second-order valence-electron chi connectivity index (χ2n) is 13.4. The molecule has 0 radical (unpaired) electrons. The lowest BCUT2D eigenvalue weighted by atomic mass is 9.94. The quantitative estimate of drug-likeness (QED) is 0.155. The highest BCUT2D eigenvalue weighted by Crippen LogP contribution is 2.43. The molecular formula is C52H37N. The summed E-state index contributed by atoms with van der Waals surface area (Å²) in [6.07, 6.45) is 0. The Kier molecular flexibility index (Phi) is 8.66. The van der Waals surface area contributed by atoms with Gasteiger partial charge in [-0.15, -0.1) is 0 Å². The van der Waals surface area contributed by atoms with Crippen LogP contribution in [0.3, 0.4) is 0 Å². The summed E-state index contributed by atoms with van der Waals surface area (Å²) in [6, 6.07) is 80.8. The lowest BCUT2D eigenvalue weighted by molar-refractivity contribution is 1.28. The van der Waals surface area contributed by atoms with E-state index < -0.39 is 0 Å². The number of anilines is 3. The highest BCUT2D eigenvalue weighted by Gasteiger charge is 2.18. The molecule has 1 heteroatoms. The summed E-state index contributed by atoms with van der Waals surface area (Å²) < 4.78 is 0. The van der Waals surface area contributed by atoms with Crippen molar-refractivity contribution in [3.8, 4) is 55.6 Å². The highest BCUT2D eigenvalue weighted by atomic mass is 15.1. The maximum Gasteiger partial charge on any atom is 0.0540 e. The number of hydrogen-bond acceptors (Lipinski definition) is 1. The van der Waals surface area contributed by atoms with Gasteiger partial charge in [-0.2, -0.15) is 0 Å². The maximum atomic E-state index is 2.40. The van der Waals surface area contributed by atoms with E-state index in [1.54, 1.807) is 0 Å². The number of benzene rings is 9. The Morgan fingerprint density at radius 1 is 0.245 bits per heavy atom. The molecule has 0 saturated carbocycles. The van der Waals surface area contributed by atoms with E-state index >= 15 is 0 Å². The molecule has 0 N–H and O–H groups in total. The SMILES string of the molecule is c1ccc(-c2cccc(-c3ccc(N(c4cccc(-c5ccccc5)c4)c4ccccc4-c4cccc(-c5cccc6ccccc56)c4)cc3)c2)cc1. The van der Waals surface area contributed by atoms with Crippen molar-refractivity contribution in [1.29, 1.82) is 0 Å². The topological polar surface area (TPSA) is 3.24 Å². The molecule has 0 atom stereocenters. The van der Waals surface area contributed by atoms with Crippen molar-refractivity contribution in [2.45, 2.75) is 0 Å². The third-order valence-electron chi connectivity index (χ3n) is 10.1. The molecule has 0 aliphatic rings. The first-order chi connectivity index (χ1) is 26.3. The molecule has 9 aromatic rings. The third kappa shape index (κ3) is 6.53. The van der Waals surface area contributed by atoms with Crippen molar-refractivity contribution in [2.75, 3.05) is 4.90 Å². The van der Waals surface area contributed by atoms with E-state index in [1.807, 2.05) is 0 Å². The van der Waals surface area contributed by atoms with Crippen molar-refractivity contribution >= 4 is 27.8 Å². The molecule has 0 unspecified atom stereocenters. The first-order valence-corrected chi connectivity index (χ1v) is 18.2. The Morgan fingerprint density at radius 2 is 0.698 bits per heavy atom. The van der Waals surface area contributed by atoms with Crippen LogP contribution in [-0.4, -0.2) is 0 Å². The first-order valence-electron chi connectivity index (χ1n) is 18.2. The van der Waals surface area contributed by atoms with E-state index in [0.717, 1.165) is 17.1 Å². The number of hydrogen-bond donors (Lipinski definition) is 0. The minimum Gasteiger partial charge on any atom is -0.310 e. The molecule has 1 nitrogen and oxygen atoms in total. The summed E-state index contributed by atoms with van der Waals surface area (Å²) in [5.74, 6) is 0. The molecule has 0 bridgehead atoms. The minimum absolute atomic E-state index is 1.09. The molecule has 0 spiro atoms. The third-order valence-corrected chi connectivity index (χ3v) is 10.1. The van der Waals surface area contributed by atoms with Crippen LogP contribution in [0.2, 0.25) is 0 Å². The Hall–Kier alpha value is -6.96. The molecule has 53 heavy (non-hydrogen) atoms. The molecular weight excluding hydrogens is 639 g/mol. The minimum atomic E-state index is 1.09. The zero-order valence-corrected chi connectivity index (χ0v) is 29.3. The number of rotatable bonds is 8. The molecule has 250 valence electrons. The fourth-order valence-electron chi connectivity index (χ4n) is 7.44. The van der Waals surface area contributed by atoms with Crippen LogP contribution in [0.15, 0.2) is 224 Å². The average molecular weight is 676 g/mol. The van der Waals surface area contributed by atoms with E-state index in [1.165, 1.54) is 66.4 Å². The van der Waals surface area contributed by atoms with Gasteiger partial charge in [0.05, 0.1) is 5.69 Å². The van der Waals surface area contributed by atoms with Crippen molar-refractivity contribution in [2.24, 2.45) is 0 Å². The van der Waals surface area contributed by atoms with Gasteiger partial charge in [-0.05, 0) is 103 Å². The first kappa shape index (κ1) is 32.0. The van der Waals surface area contributed by atoms with Gasteiger partial charge in [0.25, 0.3) is 0 Å². The van der Waals surface area contributed by atoms with E-state index in [0.29, 0.717) is 0 Å². The molecule has 0 aliphatic carbocycles. The van der Waals surface area contributed by atoms with Crippen molar-refractivity contribution in [3.05, 3.63) is 224 Å². The van der Waals surface area contributed by atoms with Gasteiger partial charge in [-0.3, -0.25) is 0 Å². The van der Waals surface area contributed by atoms with Crippen molar-refractivity contribution in [1.82, 2.24) is 0 Å². The maximum absolute atomic E-state index is 2.40. The fourth-order valence-corrected chi connectivity index (χ4v) is 7.44. The van der Waals surface area contributed by atoms with E-state index in [2.05, 4.69) is 229 Å². The molecule has 0 amide bonds. The van der Waals surface area contributed by atoms with E-state index in [-0.39, 0.29) is 0 Å². The van der Waals surface area contributed by atoms with Crippen molar-refractivity contribution in [3.63, 3.8) is 0 Å². The summed E-state index contributed by atoms with van der Waals surface area (Å²) in [6.45, 7) is 0. The normalized spacial score (nSPS) is 11.0. The number of fused-ring (bicyclic) bond motifs is 1. The monoisotopic (exact) mass is 675 g/mol. The van der Waals surface area contributed by atoms with Gasteiger partial charge in [-0.25, -0.2) is 0 Å². The van der Waals surface area contributed by atoms with Gasteiger partial charge >= 0.3 is 0 Å². The molecule has 0 aromatic heterocycles. The fraction of sp³-hybridized carbons (Fsp3) is 0. The second kappa shape index (κ2) is 14.3. The van der Waals surface area contributed by atoms with Gasteiger partial charge in [0.15, 0.2) is 0 Å². The second-order valence-corrected chi connectivity index (χ2v) is 13.4. The Labute approximate surface area is 311 Å². The van der Waals surface area contributed by atoms with Gasteiger partial charge < -0.3 is 4.90 Å². The summed E-state index contributed by atoms with van der Waals surface area (Å²) >= 11 is 0. The highest BCUT2D eigenvalue weighted by molar-refractivity contribution is 5.98. The van der Waals surface area contributed by atoms with Crippen LogP contribution in [0, 0.1) is 0 Å². The smallest absolute Gasteiger partial charge is 0.0540 e. The molecule has 0 fully saturated rings. The lowest BCUT2D eigenvalue weighted by Crippen LogP contribution is -2.11. The zero-order chi connectivity index (χ0) is 35.4. The Balaban J connectivity index is 1.16.